The van der Waals surface area contributed by atoms with Gasteiger partial charge in [-0.15, -0.1) is 0 Å². The Kier molecular flexibility index (Phi) is 4.42. The Morgan fingerprint density at radius 2 is 1.95 bits per heavy atom. The topological polar surface area (TPSA) is 101 Å². The molecule has 0 saturated carbocycles. The number of hydrogen-bond donors (Lipinski definition) is 1. The molecule has 0 aliphatic carbocycles. The molecule has 1 aliphatic rings. The standard InChI is InChI=1S/C13H13ClN2O5/c14-9-1-2-11(16(20)21)10(7-9)12(17)15-5-3-8(4-6-15)13(18)19/h1-2,7-8H,3-6H2,(H,18,19). The van der Waals surface area contributed by atoms with Gasteiger partial charge in [0.25, 0.3) is 11.6 Å². The maximum absolute atomic E-state index is 12.4. The van der Waals surface area contributed by atoms with Gasteiger partial charge in [-0.1, -0.05) is 11.6 Å². The first-order valence-corrected chi connectivity index (χ1v) is 6.74. The van der Waals surface area contributed by atoms with Gasteiger partial charge in [0.15, 0.2) is 0 Å². The van der Waals surface area contributed by atoms with E-state index >= 15 is 0 Å². The summed E-state index contributed by atoms with van der Waals surface area (Å²) in [7, 11) is 0. The zero-order chi connectivity index (χ0) is 15.6. The highest BCUT2D eigenvalue weighted by Gasteiger charge is 2.30. The van der Waals surface area contributed by atoms with Crippen molar-refractivity contribution in [2.45, 2.75) is 12.8 Å². The Morgan fingerprint density at radius 1 is 1.33 bits per heavy atom. The fourth-order valence-corrected chi connectivity index (χ4v) is 2.51. The molecular weight excluding hydrogens is 300 g/mol. The molecule has 0 atom stereocenters. The van der Waals surface area contributed by atoms with Crippen molar-refractivity contribution in [1.29, 1.82) is 0 Å². The Labute approximate surface area is 125 Å². The van der Waals surface area contributed by atoms with Crippen LogP contribution in [-0.2, 0) is 4.79 Å². The predicted molar refractivity (Wildman–Crippen MR) is 74.4 cm³/mol. The van der Waals surface area contributed by atoms with E-state index in [9.17, 15) is 19.7 Å². The zero-order valence-corrected chi connectivity index (χ0v) is 11.7. The number of nitro groups is 1. The summed E-state index contributed by atoms with van der Waals surface area (Å²) in [5.74, 6) is -1.84. The molecule has 0 bridgehead atoms. The van der Waals surface area contributed by atoms with Gasteiger partial charge in [-0.05, 0) is 25.0 Å². The smallest absolute Gasteiger partial charge is 0.306 e. The Bertz CT molecular complexity index is 596. The monoisotopic (exact) mass is 312 g/mol. The number of nitrogens with zero attached hydrogens (tertiary/aromatic N) is 2. The van der Waals surface area contributed by atoms with Gasteiger partial charge in [-0.25, -0.2) is 0 Å². The molecule has 1 saturated heterocycles. The van der Waals surface area contributed by atoms with Crippen molar-refractivity contribution in [3.8, 4) is 0 Å². The molecule has 1 aromatic rings. The SMILES string of the molecule is O=C(O)C1CCN(C(=O)c2cc(Cl)ccc2[N+](=O)[O-])CC1. The molecule has 1 N–H and O–H groups in total. The van der Waals surface area contributed by atoms with E-state index in [0.29, 0.717) is 12.8 Å². The van der Waals surface area contributed by atoms with Crippen LogP contribution in [0.1, 0.15) is 23.2 Å². The summed E-state index contributed by atoms with van der Waals surface area (Å²) in [5, 5.41) is 20.1. The second-order valence-corrected chi connectivity index (χ2v) is 5.26. The first-order chi connectivity index (χ1) is 9.90. The van der Waals surface area contributed by atoms with E-state index < -0.39 is 22.7 Å². The molecule has 2 rings (SSSR count). The highest BCUT2D eigenvalue weighted by molar-refractivity contribution is 6.31. The number of carbonyl (C=O) groups excluding carboxylic acids is 1. The number of benzene rings is 1. The number of carbonyl (C=O) groups is 2. The molecule has 112 valence electrons. The number of halogens is 1. The van der Waals surface area contributed by atoms with E-state index in [-0.39, 0.29) is 29.4 Å². The molecule has 1 aromatic carbocycles. The van der Waals surface area contributed by atoms with Crippen LogP contribution >= 0.6 is 11.6 Å². The average molecular weight is 313 g/mol. The number of carboxylic acids is 1. The number of piperidine rings is 1. The fourth-order valence-electron chi connectivity index (χ4n) is 2.34. The van der Waals surface area contributed by atoms with Gasteiger partial charge >= 0.3 is 5.97 Å². The second-order valence-electron chi connectivity index (χ2n) is 4.82. The largest absolute Gasteiger partial charge is 0.481 e. The van der Waals surface area contributed by atoms with Gasteiger partial charge in [0.2, 0.25) is 0 Å². The second kappa shape index (κ2) is 6.09. The molecule has 0 unspecified atom stereocenters. The lowest BCUT2D eigenvalue weighted by Gasteiger charge is -2.30. The van der Waals surface area contributed by atoms with Crippen LogP contribution in [0.4, 0.5) is 5.69 Å². The number of likely N-dealkylation sites (tertiary alicyclic amines) is 1. The molecule has 1 amide bonds. The lowest BCUT2D eigenvalue weighted by Crippen LogP contribution is -2.40. The number of hydrogen-bond acceptors (Lipinski definition) is 4. The highest BCUT2D eigenvalue weighted by atomic mass is 35.5. The van der Waals surface area contributed by atoms with Crippen LogP contribution in [0.5, 0.6) is 0 Å². The minimum Gasteiger partial charge on any atom is -0.481 e. The average Bonchev–Trinajstić information content (AvgIpc) is 2.46. The molecule has 1 aliphatic heterocycles. The van der Waals surface area contributed by atoms with Crippen LogP contribution in [0.25, 0.3) is 0 Å². The van der Waals surface area contributed by atoms with Crippen LogP contribution < -0.4 is 0 Å². The van der Waals surface area contributed by atoms with Crippen molar-refractivity contribution in [1.82, 2.24) is 4.90 Å². The summed E-state index contributed by atoms with van der Waals surface area (Å²) in [4.78, 5) is 35.0. The quantitative estimate of drug-likeness (QED) is 0.681. The van der Waals surface area contributed by atoms with Gasteiger partial charge in [-0.2, -0.15) is 0 Å². The molecule has 0 spiro atoms. The van der Waals surface area contributed by atoms with Crippen molar-refractivity contribution in [3.05, 3.63) is 38.9 Å². The number of carboxylic acid groups (broad SMARTS) is 1. The summed E-state index contributed by atoms with van der Waals surface area (Å²) >= 11 is 5.80. The molecule has 21 heavy (non-hydrogen) atoms. The minimum atomic E-state index is -0.879. The third kappa shape index (κ3) is 3.30. The number of rotatable bonds is 3. The Balaban J connectivity index is 2.20. The predicted octanol–water partition coefficient (Wildman–Crippen LogP) is 2.19. The zero-order valence-electron chi connectivity index (χ0n) is 11.0. The summed E-state index contributed by atoms with van der Waals surface area (Å²) in [6.07, 6.45) is 0.685. The van der Waals surface area contributed by atoms with E-state index in [0.717, 1.165) is 0 Å². The van der Waals surface area contributed by atoms with Gasteiger partial charge < -0.3 is 10.0 Å². The molecule has 0 aromatic heterocycles. The molecule has 1 fully saturated rings. The van der Waals surface area contributed by atoms with Crippen molar-refractivity contribution >= 4 is 29.2 Å². The lowest BCUT2D eigenvalue weighted by atomic mass is 9.96. The Hall–Kier alpha value is -2.15. The van der Waals surface area contributed by atoms with Crippen LogP contribution in [-0.4, -0.2) is 39.9 Å². The van der Waals surface area contributed by atoms with Gasteiger partial charge in [0.1, 0.15) is 5.56 Å². The number of amides is 1. The maximum atomic E-state index is 12.4. The van der Waals surface area contributed by atoms with Gasteiger partial charge in [0, 0.05) is 24.2 Å². The normalized spacial score (nSPS) is 15.8. The molecule has 0 radical (unpaired) electrons. The molecule has 1 heterocycles. The molecule has 7 nitrogen and oxygen atoms in total. The summed E-state index contributed by atoms with van der Waals surface area (Å²) in [5.41, 5.74) is -0.369. The van der Waals surface area contributed by atoms with Gasteiger partial charge in [-0.3, -0.25) is 19.7 Å². The fraction of sp³-hybridized carbons (Fsp3) is 0.385. The van der Waals surface area contributed by atoms with Crippen LogP contribution in [0, 0.1) is 16.0 Å². The van der Waals surface area contributed by atoms with E-state index in [1.54, 1.807) is 0 Å². The van der Waals surface area contributed by atoms with Crippen LogP contribution in [0.15, 0.2) is 18.2 Å². The number of nitro benzene ring substituents is 1. The van der Waals surface area contributed by atoms with Crippen molar-refractivity contribution in [2.24, 2.45) is 5.92 Å². The molecular formula is C13H13ClN2O5. The maximum Gasteiger partial charge on any atom is 0.306 e. The van der Waals surface area contributed by atoms with Crippen molar-refractivity contribution in [3.63, 3.8) is 0 Å². The lowest BCUT2D eigenvalue weighted by molar-refractivity contribution is -0.385. The van der Waals surface area contributed by atoms with E-state index in [1.165, 1.54) is 23.1 Å². The van der Waals surface area contributed by atoms with Crippen molar-refractivity contribution in [2.75, 3.05) is 13.1 Å². The summed E-state index contributed by atoms with van der Waals surface area (Å²) in [6.45, 7) is 0.527. The third-order valence-electron chi connectivity index (χ3n) is 3.52. The van der Waals surface area contributed by atoms with Crippen molar-refractivity contribution < 1.29 is 19.6 Å². The van der Waals surface area contributed by atoms with E-state index in [1.807, 2.05) is 0 Å². The van der Waals surface area contributed by atoms with Crippen LogP contribution in [0.3, 0.4) is 0 Å². The van der Waals surface area contributed by atoms with E-state index in [4.69, 9.17) is 16.7 Å². The van der Waals surface area contributed by atoms with Crippen LogP contribution in [0.2, 0.25) is 5.02 Å². The number of aliphatic carboxylic acids is 1. The van der Waals surface area contributed by atoms with Gasteiger partial charge in [0.05, 0.1) is 10.8 Å². The first kappa shape index (κ1) is 15.2. The summed E-state index contributed by atoms with van der Waals surface area (Å²) < 4.78 is 0. The first-order valence-electron chi connectivity index (χ1n) is 6.36. The molecule has 8 heteroatoms. The Morgan fingerprint density at radius 3 is 2.48 bits per heavy atom. The van der Waals surface area contributed by atoms with E-state index in [2.05, 4.69) is 0 Å². The summed E-state index contributed by atoms with van der Waals surface area (Å²) in [6, 6.07) is 3.82. The third-order valence-corrected chi connectivity index (χ3v) is 3.75. The minimum absolute atomic E-state index is 0.0683. The highest BCUT2D eigenvalue weighted by Crippen LogP contribution is 2.26.